The van der Waals surface area contributed by atoms with Gasteiger partial charge in [0, 0.05) is 9.65 Å². The zero-order chi connectivity index (χ0) is 21.7. The molecule has 0 aliphatic rings. The molecule has 0 radical (unpaired) electrons. The Kier molecular flexibility index (Phi) is 6.48. The van der Waals surface area contributed by atoms with Gasteiger partial charge in [0.15, 0.2) is 0 Å². The first kappa shape index (κ1) is 21.1. The van der Waals surface area contributed by atoms with Crippen LogP contribution in [-0.2, 0) is 4.79 Å². The van der Waals surface area contributed by atoms with Crippen molar-refractivity contribution in [1.82, 2.24) is 0 Å². The van der Waals surface area contributed by atoms with E-state index < -0.39 is 10.8 Å². The Morgan fingerprint density at radius 3 is 2.70 bits per heavy atom. The van der Waals surface area contributed by atoms with Gasteiger partial charge in [0.1, 0.15) is 28.9 Å². The molecule has 1 N–H and O–H groups in total. The van der Waals surface area contributed by atoms with Crippen LogP contribution in [-0.4, -0.2) is 17.9 Å². The number of benzene rings is 2. The number of furan rings is 1. The highest BCUT2D eigenvalue weighted by Gasteiger charge is 2.20. The lowest BCUT2D eigenvalue weighted by molar-refractivity contribution is -0.384. The molecule has 0 saturated carbocycles. The normalized spacial score (nSPS) is 10.9. The molecule has 30 heavy (non-hydrogen) atoms. The van der Waals surface area contributed by atoms with Crippen LogP contribution in [0.1, 0.15) is 5.76 Å². The summed E-state index contributed by atoms with van der Waals surface area (Å²) in [5.74, 6) is 0.196. The number of nitro benzene ring substituents is 1. The molecule has 2 aromatic carbocycles. The highest BCUT2D eigenvalue weighted by molar-refractivity contribution is 14.1. The van der Waals surface area contributed by atoms with Crippen molar-refractivity contribution in [1.29, 1.82) is 5.26 Å². The second-order valence-electron chi connectivity index (χ2n) is 5.95. The second kappa shape index (κ2) is 9.23. The van der Waals surface area contributed by atoms with Crippen molar-refractivity contribution in [2.24, 2.45) is 0 Å². The molecule has 0 fully saturated rings. The van der Waals surface area contributed by atoms with Crippen molar-refractivity contribution in [2.45, 2.75) is 0 Å². The number of methoxy groups -OCH3 is 1. The van der Waals surface area contributed by atoms with Crippen LogP contribution in [0.15, 0.2) is 64.6 Å². The van der Waals surface area contributed by atoms with Gasteiger partial charge in [-0.2, -0.15) is 5.26 Å². The van der Waals surface area contributed by atoms with Crippen molar-refractivity contribution in [3.05, 3.63) is 79.6 Å². The molecule has 0 aliphatic heterocycles. The molecule has 1 aromatic heterocycles. The molecule has 0 unspecified atom stereocenters. The maximum atomic E-state index is 12.4. The number of ether oxygens (including phenoxy) is 1. The first-order valence-corrected chi connectivity index (χ1v) is 9.61. The smallest absolute Gasteiger partial charge is 0.284 e. The lowest BCUT2D eigenvalue weighted by Crippen LogP contribution is -2.14. The minimum atomic E-state index is -0.588. The summed E-state index contributed by atoms with van der Waals surface area (Å²) in [6, 6.07) is 16.5. The zero-order valence-corrected chi connectivity index (χ0v) is 17.7. The number of halogens is 1. The number of rotatable bonds is 6. The van der Waals surface area contributed by atoms with Gasteiger partial charge >= 0.3 is 0 Å². The molecule has 0 bridgehead atoms. The third-order valence-corrected chi connectivity index (χ3v) is 5.01. The van der Waals surface area contributed by atoms with Crippen LogP contribution in [0.4, 0.5) is 11.4 Å². The van der Waals surface area contributed by atoms with E-state index in [1.807, 2.05) is 18.2 Å². The van der Waals surface area contributed by atoms with Gasteiger partial charge in [0.05, 0.1) is 29.4 Å². The number of hydrogen-bond acceptors (Lipinski definition) is 6. The second-order valence-corrected chi connectivity index (χ2v) is 7.11. The van der Waals surface area contributed by atoms with E-state index in [2.05, 4.69) is 27.9 Å². The van der Waals surface area contributed by atoms with Crippen molar-refractivity contribution < 1.29 is 18.9 Å². The molecule has 0 atom stereocenters. The van der Waals surface area contributed by atoms with E-state index in [4.69, 9.17) is 9.15 Å². The largest absolute Gasteiger partial charge is 0.497 e. The minimum Gasteiger partial charge on any atom is -0.497 e. The van der Waals surface area contributed by atoms with Gasteiger partial charge in [0.2, 0.25) is 0 Å². The van der Waals surface area contributed by atoms with Crippen LogP contribution in [0.25, 0.3) is 17.4 Å². The van der Waals surface area contributed by atoms with Crippen LogP contribution >= 0.6 is 22.6 Å². The summed E-state index contributed by atoms with van der Waals surface area (Å²) < 4.78 is 11.5. The van der Waals surface area contributed by atoms with E-state index in [9.17, 15) is 20.2 Å². The molecule has 0 spiro atoms. The summed E-state index contributed by atoms with van der Waals surface area (Å²) in [7, 11) is 1.42. The summed E-state index contributed by atoms with van der Waals surface area (Å²) in [5.41, 5.74) is 0.483. The summed E-state index contributed by atoms with van der Waals surface area (Å²) in [6.45, 7) is 0. The van der Waals surface area contributed by atoms with Crippen LogP contribution in [0.3, 0.4) is 0 Å². The number of nitrogens with zero attached hydrogens (tertiary/aromatic N) is 2. The van der Waals surface area contributed by atoms with Gasteiger partial charge in [-0.1, -0.05) is 12.1 Å². The number of hydrogen-bond donors (Lipinski definition) is 1. The van der Waals surface area contributed by atoms with E-state index in [0.29, 0.717) is 11.4 Å². The number of para-hydroxylation sites is 1. The average molecular weight is 515 g/mol. The molecule has 8 nitrogen and oxygen atoms in total. The number of nitriles is 1. The predicted octanol–water partition coefficient (Wildman–Crippen LogP) is 5.01. The first-order valence-electron chi connectivity index (χ1n) is 8.53. The van der Waals surface area contributed by atoms with Gasteiger partial charge in [-0.25, -0.2) is 0 Å². The maximum Gasteiger partial charge on any atom is 0.284 e. The Bertz CT molecular complexity index is 1190. The van der Waals surface area contributed by atoms with E-state index in [1.54, 1.807) is 18.2 Å². The van der Waals surface area contributed by atoms with Crippen LogP contribution in [0.2, 0.25) is 0 Å². The summed E-state index contributed by atoms with van der Waals surface area (Å²) in [4.78, 5) is 23.3. The fourth-order valence-electron chi connectivity index (χ4n) is 2.62. The van der Waals surface area contributed by atoms with Crippen molar-refractivity contribution in [3.63, 3.8) is 0 Å². The van der Waals surface area contributed by atoms with E-state index in [0.717, 1.165) is 3.57 Å². The summed E-state index contributed by atoms with van der Waals surface area (Å²) >= 11 is 2.08. The lowest BCUT2D eigenvalue weighted by Gasteiger charge is -2.06. The van der Waals surface area contributed by atoms with E-state index in [-0.39, 0.29) is 28.3 Å². The molecule has 3 rings (SSSR count). The van der Waals surface area contributed by atoms with Crippen molar-refractivity contribution in [3.8, 4) is 23.1 Å². The molecule has 9 heteroatoms. The number of nitrogens with one attached hydrogen (secondary N) is 1. The molecule has 3 aromatic rings. The van der Waals surface area contributed by atoms with Crippen molar-refractivity contribution >= 4 is 45.9 Å². The SMILES string of the molecule is COc1ccc(-c2ccc(C=C(C#N)C(=O)Nc3ccccc3I)o2)c([N+](=O)[O-])c1. The molecule has 150 valence electrons. The molecular formula is C21H14IN3O5. The maximum absolute atomic E-state index is 12.4. The van der Waals surface area contributed by atoms with Gasteiger partial charge in [-0.3, -0.25) is 14.9 Å². The van der Waals surface area contributed by atoms with E-state index >= 15 is 0 Å². The minimum absolute atomic E-state index is 0.167. The fourth-order valence-corrected chi connectivity index (χ4v) is 3.14. The Balaban J connectivity index is 1.89. The third kappa shape index (κ3) is 4.66. The Morgan fingerprint density at radius 1 is 1.27 bits per heavy atom. The van der Waals surface area contributed by atoms with Gasteiger partial charge in [-0.05, 0) is 59.0 Å². The lowest BCUT2D eigenvalue weighted by atomic mass is 10.1. The van der Waals surface area contributed by atoms with Crippen LogP contribution < -0.4 is 10.1 Å². The third-order valence-electron chi connectivity index (χ3n) is 4.07. The van der Waals surface area contributed by atoms with Crippen LogP contribution in [0.5, 0.6) is 5.75 Å². The number of amides is 1. The van der Waals surface area contributed by atoms with E-state index in [1.165, 1.54) is 37.5 Å². The first-order chi connectivity index (χ1) is 14.4. The summed E-state index contributed by atoms with van der Waals surface area (Å²) in [6.07, 6.45) is 1.28. The predicted molar refractivity (Wildman–Crippen MR) is 119 cm³/mol. The highest BCUT2D eigenvalue weighted by Crippen LogP contribution is 2.34. The number of carbonyl (C=O) groups is 1. The Labute approximate surface area is 185 Å². The summed E-state index contributed by atoms with van der Waals surface area (Å²) in [5, 5.41) is 23.4. The van der Waals surface area contributed by atoms with Gasteiger partial charge in [0.25, 0.3) is 11.6 Å². The molecule has 1 amide bonds. The van der Waals surface area contributed by atoms with Crippen LogP contribution in [0, 0.1) is 25.0 Å². The van der Waals surface area contributed by atoms with Gasteiger partial charge < -0.3 is 14.5 Å². The quantitative estimate of drug-likeness (QED) is 0.162. The Hall–Kier alpha value is -3.65. The van der Waals surface area contributed by atoms with Gasteiger partial charge in [-0.15, -0.1) is 0 Å². The topological polar surface area (TPSA) is 118 Å². The standard InChI is InChI=1S/C21H14IN3O5/c1-29-14-6-8-16(19(11-14)25(27)28)20-9-7-15(30-20)10-13(12-23)21(26)24-18-5-3-2-4-17(18)22/h2-11H,1H3,(H,24,26). The monoisotopic (exact) mass is 515 g/mol. The molecule has 1 heterocycles. The molecule has 0 saturated heterocycles. The number of anilines is 1. The number of carbonyl (C=O) groups excluding carboxylic acids is 1. The van der Waals surface area contributed by atoms with Crippen molar-refractivity contribution in [2.75, 3.05) is 12.4 Å². The number of nitro groups is 1. The molecule has 0 aliphatic carbocycles. The fraction of sp³-hybridized carbons (Fsp3) is 0.0476. The molecular weight excluding hydrogens is 501 g/mol. The Morgan fingerprint density at radius 2 is 2.03 bits per heavy atom. The highest BCUT2D eigenvalue weighted by atomic mass is 127. The average Bonchev–Trinajstić information content (AvgIpc) is 3.21. The zero-order valence-electron chi connectivity index (χ0n) is 15.6.